The maximum absolute atomic E-state index is 5.19. The molecule has 0 unspecified atom stereocenters. The molecule has 2 rings (SSSR count). The number of rotatable bonds is 5. The second-order valence-corrected chi connectivity index (χ2v) is 3.77. The first-order valence-corrected chi connectivity index (χ1v) is 5.69. The Kier molecular flexibility index (Phi) is 4.02. The van der Waals surface area contributed by atoms with Gasteiger partial charge in [-0.05, 0) is 29.8 Å². The molecule has 1 aromatic carbocycles. The number of nitrogens with zero attached hydrogens (tertiary/aromatic N) is 1. The maximum Gasteiger partial charge on any atom is 0.237 e. The van der Waals surface area contributed by atoms with Crippen LogP contribution in [0.1, 0.15) is 5.56 Å². The SMILES string of the molecule is COc1cccc(CNc2cccnc2OC)c1. The van der Waals surface area contributed by atoms with E-state index in [4.69, 9.17) is 9.47 Å². The lowest BCUT2D eigenvalue weighted by Crippen LogP contribution is -2.02. The molecule has 18 heavy (non-hydrogen) atoms. The molecule has 0 aliphatic heterocycles. The number of hydrogen-bond acceptors (Lipinski definition) is 4. The van der Waals surface area contributed by atoms with Crippen LogP contribution < -0.4 is 14.8 Å². The Morgan fingerprint density at radius 2 is 2.00 bits per heavy atom. The molecule has 4 nitrogen and oxygen atoms in total. The fourth-order valence-electron chi connectivity index (χ4n) is 1.67. The van der Waals surface area contributed by atoms with E-state index in [0.717, 1.165) is 17.0 Å². The highest BCUT2D eigenvalue weighted by atomic mass is 16.5. The first kappa shape index (κ1) is 12.2. The number of benzene rings is 1. The van der Waals surface area contributed by atoms with E-state index in [2.05, 4.69) is 10.3 Å². The van der Waals surface area contributed by atoms with E-state index in [9.17, 15) is 0 Å². The quantitative estimate of drug-likeness (QED) is 0.878. The predicted octanol–water partition coefficient (Wildman–Crippen LogP) is 2.71. The molecule has 0 saturated carbocycles. The van der Waals surface area contributed by atoms with Crippen LogP contribution >= 0.6 is 0 Å². The third kappa shape index (κ3) is 2.91. The van der Waals surface area contributed by atoms with Crippen LogP contribution in [0.3, 0.4) is 0 Å². The Hall–Kier alpha value is -2.23. The molecule has 0 atom stereocenters. The highest BCUT2D eigenvalue weighted by molar-refractivity contribution is 5.52. The molecule has 0 fully saturated rings. The van der Waals surface area contributed by atoms with Crippen molar-refractivity contribution < 1.29 is 9.47 Å². The molecule has 94 valence electrons. The Bertz CT molecular complexity index is 515. The first-order chi connectivity index (χ1) is 8.83. The number of hydrogen-bond donors (Lipinski definition) is 1. The van der Waals surface area contributed by atoms with E-state index in [-0.39, 0.29) is 0 Å². The highest BCUT2D eigenvalue weighted by Gasteiger charge is 2.02. The summed E-state index contributed by atoms with van der Waals surface area (Å²) < 4.78 is 10.4. The molecule has 0 radical (unpaired) electrons. The van der Waals surface area contributed by atoms with Crippen molar-refractivity contribution in [3.05, 3.63) is 48.2 Å². The molecule has 1 heterocycles. The third-order valence-corrected chi connectivity index (χ3v) is 2.58. The summed E-state index contributed by atoms with van der Waals surface area (Å²) in [7, 11) is 3.27. The third-order valence-electron chi connectivity index (χ3n) is 2.58. The van der Waals surface area contributed by atoms with E-state index in [1.807, 2.05) is 36.4 Å². The second-order valence-electron chi connectivity index (χ2n) is 3.77. The van der Waals surface area contributed by atoms with Gasteiger partial charge in [-0.2, -0.15) is 0 Å². The summed E-state index contributed by atoms with van der Waals surface area (Å²) in [5, 5.41) is 3.29. The van der Waals surface area contributed by atoms with Crippen LogP contribution in [-0.2, 0) is 6.54 Å². The summed E-state index contributed by atoms with van der Waals surface area (Å²) in [5.74, 6) is 1.45. The monoisotopic (exact) mass is 244 g/mol. The van der Waals surface area contributed by atoms with Crippen LogP contribution in [0.25, 0.3) is 0 Å². The largest absolute Gasteiger partial charge is 0.497 e. The number of nitrogens with one attached hydrogen (secondary N) is 1. The molecule has 4 heteroatoms. The molecule has 0 aliphatic rings. The van der Waals surface area contributed by atoms with Crippen molar-refractivity contribution in [3.8, 4) is 11.6 Å². The fourth-order valence-corrected chi connectivity index (χ4v) is 1.67. The van der Waals surface area contributed by atoms with Gasteiger partial charge in [0.2, 0.25) is 5.88 Å². The lowest BCUT2D eigenvalue weighted by Gasteiger charge is -2.10. The summed E-state index contributed by atoms with van der Waals surface area (Å²) >= 11 is 0. The van der Waals surface area contributed by atoms with Crippen molar-refractivity contribution in [2.24, 2.45) is 0 Å². The van der Waals surface area contributed by atoms with Gasteiger partial charge in [0.1, 0.15) is 5.75 Å². The van der Waals surface area contributed by atoms with E-state index in [1.54, 1.807) is 20.4 Å². The maximum atomic E-state index is 5.19. The molecule has 1 aromatic heterocycles. The zero-order valence-electron chi connectivity index (χ0n) is 10.5. The van der Waals surface area contributed by atoms with Crippen molar-refractivity contribution in [2.45, 2.75) is 6.54 Å². The minimum Gasteiger partial charge on any atom is -0.497 e. The van der Waals surface area contributed by atoms with Crippen LogP contribution in [0.4, 0.5) is 5.69 Å². The van der Waals surface area contributed by atoms with Gasteiger partial charge in [0.25, 0.3) is 0 Å². The van der Waals surface area contributed by atoms with Crippen LogP contribution in [0.15, 0.2) is 42.6 Å². The topological polar surface area (TPSA) is 43.4 Å². The van der Waals surface area contributed by atoms with Gasteiger partial charge in [-0.3, -0.25) is 0 Å². The number of pyridine rings is 1. The van der Waals surface area contributed by atoms with Gasteiger partial charge >= 0.3 is 0 Å². The zero-order valence-corrected chi connectivity index (χ0v) is 10.5. The normalized spacial score (nSPS) is 9.89. The van der Waals surface area contributed by atoms with Gasteiger partial charge in [0.05, 0.1) is 19.9 Å². The number of anilines is 1. The van der Waals surface area contributed by atoms with E-state index >= 15 is 0 Å². The summed E-state index contributed by atoms with van der Waals surface area (Å²) in [4.78, 5) is 4.13. The van der Waals surface area contributed by atoms with E-state index in [0.29, 0.717) is 12.4 Å². The zero-order chi connectivity index (χ0) is 12.8. The summed E-state index contributed by atoms with van der Waals surface area (Å²) in [6.07, 6.45) is 1.70. The molecular formula is C14H16N2O2. The Labute approximate surface area is 107 Å². The van der Waals surface area contributed by atoms with Crippen LogP contribution in [0, 0.1) is 0 Å². The lowest BCUT2D eigenvalue weighted by atomic mass is 10.2. The molecule has 0 saturated heterocycles. The first-order valence-electron chi connectivity index (χ1n) is 5.69. The minimum atomic E-state index is 0.598. The lowest BCUT2D eigenvalue weighted by molar-refractivity contribution is 0.399. The average molecular weight is 244 g/mol. The Morgan fingerprint density at radius 3 is 2.78 bits per heavy atom. The van der Waals surface area contributed by atoms with Gasteiger partial charge in [0.15, 0.2) is 0 Å². The fraction of sp³-hybridized carbons (Fsp3) is 0.214. The summed E-state index contributed by atoms with van der Waals surface area (Å²) in [5.41, 5.74) is 2.02. The molecule has 0 aliphatic carbocycles. The van der Waals surface area contributed by atoms with Crippen LogP contribution in [0.2, 0.25) is 0 Å². The van der Waals surface area contributed by atoms with E-state index in [1.165, 1.54) is 0 Å². The predicted molar refractivity (Wildman–Crippen MR) is 71.1 cm³/mol. The van der Waals surface area contributed by atoms with Gasteiger partial charge in [-0.25, -0.2) is 4.98 Å². The Balaban J connectivity index is 2.06. The number of aromatic nitrogens is 1. The Morgan fingerprint density at radius 1 is 1.11 bits per heavy atom. The second kappa shape index (κ2) is 5.91. The van der Waals surface area contributed by atoms with Crippen LogP contribution in [-0.4, -0.2) is 19.2 Å². The minimum absolute atomic E-state index is 0.598. The highest BCUT2D eigenvalue weighted by Crippen LogP contribution is 2.21. The van der Waals surface area contributed by atoms with E-state index < -0.39 is 0 Å². The molecule has 0 spiro atoms. The molecule has 1 N–H and O–H groups in total. The van der Waals surface area contributed by atoms with Gasteiger partial charge in [-0.1, -0.05) is 12.1 Å². The molecular weight excluding hydrogens is 228 g/mol. The van der Waals surface area contributed by atoms with Crippen molar-refractivity contribution in [2.75, 3.05) is 19.5 Å². The van der Waals surface area contributed by atoms with Crippen LogP contribution in [0.5, 0.6) is 11.6 Å². The standard InChI is InChI=1S/C14H16N2O2/c1-17-12-6-3-5-11(9-12)10-16-13-7-4-8-15-14(13)18-2/h3-9,16H,10H2,1-2H3. The molecule has 0 bridgehead atoms. The van der Waals surface area contributed by atoms with Gasteiger partial charge < -0.3 is 14.8 Å². The van der Waals surface area contributed by atoms with Crippen molar-refractivity contribution in [1.82, 2.24) is 4.98 Å². The van der Waals surface area contributed by atoms with Gasteiger partial charge in [-0.15, -0.1) is 0 Å². The summed E-state index contributed by atoms with van der Waals surface area (Å²) in [6, 6.07) is 11.7. The van der Waals surface area contributed by atoms with Crippen molar-refractivity contribution in [1.29, 1.82) is 0 Å². The molecule has 2 aromatic rings. The summed E-state index contributed by atoms with van der Waals surface area (Å²) in [6.45, 7) is 0.694. The van der Waals surface area contributed by atoms with Crippen molar-refractivity contribution >= 4 is 5.69 Å². The number of ether oxygens (including phenoxy) is 2. The average Bonchev–Trinajstić information content (AvgIpc) is 2.45. The van der Waals surface area contributed by atoms with Gasteiger partial charge in [0, 0.05) is 12.7 Å². The molecule has 0 amide bonds. The van der Waals surface area contributed by atoms with Crippen molar-refractivity contribution in [3.63, 3.8) is 0 Å². The number of methoxy groups -OCH3 is 2. The smallest absolute Gasteiger partial charge is 0.237 e.